The van der Waals surface area contributed by atoms with Gasteiger partial charge < -0.3 is 0 Å². The SMILES string of the molecule is CC1=C(/C=C/C(=C\C=C\C(C)=C\C=O)C(C)C)C(C)(C)CCC1. The van der Waals surface area contributed by atoms with Crippen molar-refractivity contribution in [3.63, 3.8) is 0 Å². The molecular weight excluding hydrogens is 280 g/mol. The monoisotopic (exact) mass is 312 g/mol. The first-order valence-electron chi connectivity index (χ1n) is 8.66. The summed E-state index contributed by atoms with van der Waals surface area (Å²) < 4.78 is 0. The zero-order valence-electron chi connectivity index (χ0n) is 15.6. The van der Waals surface area contributed by atoms with Crippen molar-refractivity contribution in [3.8, 4) is 0 Å². The van der Waals surface area contributed by atoms with Crippen molar-refractivity contribution in [1.29, 1.82) is 0 Å². The average molecular weight is 312 g/mol. The molecule has 126 valence electrons. The fraction of sp³-hybridized carbons (Fsp3) is 0.500. The van der Waals surface area contributed by atoms with Crippen LogP contribution in [0.5, 0.6) is 0 Å². The highest BCUT2D eigenvalue weighted by atomic mass is 16.1. The zero-order chi connectivity index (χ0) is 17.5. The molecule has 0 amide bonds. The Morgan fingerprint density at radius 2 is 1.87 bits per heavy atom. The zero-order valence-corrected chi connectivity index (χ0v) is 15.6. The first-order valence-corrected chi connectivity index (χ1v) is 8.66. The lowest BCUT2D eigenvalue weighted by Crippen LogP contribution is -2.19. The van der Waals surface area contributed by atoms with Crippen LogP contribution in [0, 0.1) is 11.3 Å². The lowest BCUT2D eigenvalue weighted by atomic mass is 9.72. The minimum absolute atomic E-state index is 0.278. The number of allylic oxidation sites excluding steroid dienone is 10. The van der Waals surface area contributed by atoms with Crippen LogP contribution in [-0.2, 0) is 4.79 Å². The molecule has 0 aromatic heterocycles. The van der Waals surface area contributed by atoms with E-state index in [1.807, 2.05) is 19.1 Å². The summed E-state index contributed by atoms with van der Waals surface area (Å²) in [5.41, 5.74) is 5.58. The van der Waals surface area contributed by atoms with E-state index in [2.05, 4.69) is 52.8 Å². The summed E-state index contributed by atoms with van der Waals surface area (Å²) in [7, 11) is 0. The molecule has 23 heavy (non-hydrogen) atoms. The Morgan fingerprint density at radius 1 is 1.17 bits per heavy atom. The molecule has 0 aromatic rings. The highest BCUT2D eigenvalue weighted by Crippen LogP contribution is 2.40. The summed E-state index contributed by atoms with van der Waals surface area (Å²) >= 11 is 0. The van der Waals surface area contributed by atoms with Crippen molar-refractivity contribution >= 4 is 6.29 Å². The lowest BCUT2D eigenvalue weighted by Gasteiger charge is -2.33. The molecule has 0 atom stereocenters. The second-order valence-electron chi connectivity index (χ2n) is 7.49. The van der Waals surface area contributed by atoms with Gasteiger partial charge in [0.15, 0.2) is 0 Å². The van der Waals surface area contributed by atoms with Gasteiger partial charge in [0.25, 0.3) is 0 Å². The van der Waals surface area contributed by atoms with Crippen LogP contribution >= 0.6 is 0 Å². The van der Waals surface area contributed by atoms with E-state index in [0.717, 1.165) is 11.9 Å². The van der Waals surface area contributed by atoms with Gasteiger partial charge in [-0.3, -0.25) is 4.79 Å². The number of carbonyl (C=O) groups excluding carboxylic acids is 1. The van der Waals surface area contributed by atoms with Gasteiger partial charge >= 0.3 is 0 Å². The highest BCUT2D eigenvalue weighted by molar-refractivity contribution is 5.66. The maximum atomic E-state index is 10.4. The number of rotatable bonds is 6. The number of aldehydes is 1. The van der Waals surface area contributed by atoms with Crippen molar-refractivity contribution in [1.82, 2.24) is 0 Å². The van der Waals surface area contributed by atoms with E-state index in [4.69, 9.17) is 0 Å². The standard InChI is InChI=1S/C22H32O/c1-17(2)20(11-7-9-18(3)14-16-23)12-13-21-19(4)10-8-15-22(21,5)6/h7,9,11-14,16-17H,8,10,15H2,1-6H3/b9-7+,13-12+,18-14+,20-11+. The first kappa shape index (κ1) is 19.4. The molecule has 1 nitrogen and oxygen atoms in total. The van der Waals surface area contributed by atoms with Crippen LogP contribution in [0.3, 0.4) is 0 Å². The second kappa shape index (κ2) is 8.86. The van der Waals surface area contributed by atoms with Gasteiger partial charge in [-0.25, -0.2) is 0 Å². The van der Waals surface area contributed by atoms with Gasteiger partial charge in [0.2, 0.25) is 0 Å². The number of hydrogen-bond donors (Lipinski definition) is 0. The molecule has 1 rings (SSSR count). The van der Waals surface area contributed by atoms with E-state index in [-0.39, 0.29) is 5.41 Å². The van der Waals surface area contributed by atoms with E-state index in [0.29, 0.717) is 5.92 Å². The molecule has 0 aromatic carbocycles. The van der Waals surface area contributed by atoms with E-state index in [9.17, 15) is 4.79 Å². The minimum atomic E-state index is 0.278. The average Bonchev–Trinajstić information content (AvgIpc) is 2.44. The number of hydrogen-bond acceptors (Lipinski definition) is 1. The Kier molecular flexibility index (Phi) is 7.48. The summed E-state index contributed by atoms with van der Waals surface area (Å²) in [6.07, 6.45) is 16.9. The van der Waals surface area contributed by atoms with Gasteiger partial charge in [-0.1, -0.05) is 63.6 Å². The van der Waals surface area contributed by atoms with Crippen molar-refractivity contribution in [3.05, 3.63) is 58.7 Å². The summed E-state index contributed by atoms with van der Waals surface area (Å²) in [4.78, 5) is 10.4. The molecule has 0 fully saturated rings. The largest absolute Gasteiger partial charge is 0.299 e. The van der Waals surface area contributed by atoms with Gasteiger partial charge in [-0.2, -0.15) is 0 Å². The van der Waals surface area contributed by atoms with Gasteiger partial charge in [0.1, 0.15) is 6.29 Å². The fourth-order valence-electron chi connectivity index (χ4n) is 3.10. The van der Waals surface area contributed by atoms with Gasteiger partial charge in [-0.05, 0) is 67.2 Å². The van der Waals surface area contributed by atoms with Crippen LogP contribution in [0.15, 0.2) is 58.7 Å². The highest BCUT2D eigenvalue weighted by Gasteiger charge is 2.26. The van der Waals surface area contributed by atoms with Crippen molar-refractivity contribution in [2.75, 3.05) is 0 Å². The molecule has 0 unspecified atom stereocenters. The third kappa shape index (κ3) is 6.17. The molecule has 0 saturated heterocycles. The molecule has 0 spiro atoms. The van der Waals surface area contributed by atoms with Crippen LogP contribution in [0.4, 0.5) is 0 Å². The van der Waals surface area contributed by atoms with Gasteiger partial charge in [-0.15, -0.1) is 0 Å². The molecule has 1 aliphatic rings. The van der Waals surface area contributed by atoms with Crippen molar-refractivity contribution in [2.24, 2.45) is 11.3 Å². The Hall–Kier alpha value is -1.63. The van der Waals surface area contributed by atoms with E-state index < -0.39 is 0 Å². The Labute approximate surface area is 142 Å². The fourth-order valence-corrected chi connectivity index (χ4v) is 3.10. The molecule has 0 N–H and O–H groups in total. The molecular formula is C22H32O. The lowest BCUT2D eigenvalue weighted by molar-refractivity contribution is -0.104. The van der Waals surface area contributed by atoms with Crippen LogP contribution in [0.1, 0.15) is 60.8 Å². The molecule has 0 bridgehead atoms. The number of carbonyl (C=O) groups is 1. The smallest absolute Gasteiger partial charge is 0.143 e. The molecule has 1 aliphatic carbocycles. The quantitative estimate of drug-likeness (QED) is 0.317. The van der Waals surface area contributed by atoms with E-state index in [1.165, 1.54) is 36.0 Å². The summed E-state index contributed by atoms with van der Waals surface area (Å²) in [5.74, 6) is 0.471. The van der Waals surface area contributed by atoms with E-state index in [1.54, 1.807) is 6.08 Å². The predicted octanol–water partition coefficient (Wildman–Crippen LogP) is 6.35. The van der Waals surface area contributed by atoms with Gasteiger partial charge in [0, 0.05) is 0 Å². The third-order valence-corrected chi connectivity index (χ3v) is 4.63. The predicted molar refractivity (Wildman–Crippen MR) is 101 cm³/mol. The first-order chi connectivity index (χ1) is 10.8. The van der Waals surface area contributed by atoms with Crippen LogP contribution in [0.2, 0.25) is 0 Å². The second-order valence-corrected chi connectivity index (χ2v) is 7.49. The van der Waals surface area contributed by atoms with E-state index >= 15 is 0 Å². The maximum absolute atomic E-state index is 10.4. The molecule has 0 radical (unpaired) electrons. The topological polar surface area (TPSA) is 17.1 Å². The van der Waals surface area contributed by atoms with Crippen LogP contribution < -0.4 is 0 Å². The van der Waals surface area contributed by atoms with Crippen molar-refractivity contribution < 1.29 is 4.79 Å². The van der Waals surface area contributed by atoms with Crippen molar-refractivity contribution in [2.45, 2.75) is 60.8 Å². The molecule has 0 saturated carbocycles. The van der Waals surface area contributed by atoms with Crippen LogP contribution in [0.25, 0.3) is 0 Å². The normalized spacial score (nSPS) is 20.1. The molecule has 0 aliphatic heterocycles. The van der Waals surface area contributed by atoms with Crippen LogP contribution in [-0.4, -0.2) is 6.29 Å². The Bertz CT molecular complexity index is 563. The van der Waals surface area contributed by atoms with Gasteiger partial charge in [0.05, 0.1) is 0 Å². The summed E-state index contributed by atoms with van der Waals surface area (Å²) in [5, 5.41) is 0. The Balaban J connectivity index is 3.00. The third-order valence-electron chi connectivity index (χ3n) is 4.63. The summed E-state index contributed by atoms with van der Waals surface area (Å²) in [6.45, 7) is 13.3. The Morgan fingerprint density at radius 3 is 2.43 bits per heavy atom. The molecule has 1 heteroatoms. The molecule has 0 heterocycles. The minimum Gasteiger partial charge on any atom is -0.299 e. The summed E-state index contributed by atoms with van der Waals surface area (Å²) in [6, 6.07) is 0. The maximum Gasteiger partial charge on any atom is 0.143 e.